The summed E-state index contributed by atoms with van der Waals surface area (Å²) >= 11 is 0. The molecule has 0 fully saturated rings. The first-order valence-electron chi connectivity index (χ1n) is 20.2. The third-order valence-corrected chi connectivity index (χ3v) is 9.30. The maximum atomic E-state index is 13.9. The molecule has 1 aromatic carbocycles. The molecule has 334 valence electrons. The number of aliphatic hydroxyl groups is 1. The minimum absolute atomic E-state index is 0.00280. The number of guanidine groups is 1. The lowest BCUT2D eigenvalue weighted by Gasteiger charge is -2.29. The highest BCUT2D eigenvalue weighted by Gasteiger charge is 2.35. The van der Waals surface area contributed by atoms with Crippen LogP contribution in [0.3, 0.4) is 0 Å². The molecule has 0 unspecified atom stereocenters. The van der Waals surface area contributed by atoms with Crippen LogP contribution in [-0.2, 0) is 44.7 Å². The fourth-order valence-electron chi connectivity index (χ4n) is 6.32. The highest BCUT2D eigenvalue weighted by molar-refractivity contribution is 5.97. The summed E-state index contributed by atoms with van der Waals surface area (Å²) in [4.78, 5) is 100. The number of hydrogen-bond donors (Lipinski definition) is 11. The van der Waals surface area contributed by atoms with Gasteiger partial charge in [0, 0.05) is 23.6 Å². The van der Waals surface area contributed by atoms with Crippen molar-refractivity contribution >= 4 is 58.3 Å². The molecule has 2 aromatic rings. The number of nitrogens with one attached hydrogen (secondary N) is 6. The number of hydrogen-bond acceptors (Lipinski definition) is 11. The van der Waals surface area contributed by atoms with Crippen molar-refractivity contribution in [2.24, 2.45) is 45.7 Å². The van der Waals surface area contributed by atoms with E-state index in [1.165, 1.54) is 0 Å². The Morgan fingerprint density at radius 3 is 1.87 bits per heavy atom. The number of para-hydroxylation sites is 1. The summed E-state index contributed by atoms with van der Waals surface area (Å²) in [5.74, 6) is -6.39. The van der Waals surface area contributed by atoms with E-state index in [1.807, 2.05) is 52.0 Å². The van der Waals surface area contributed by atoms with E-state index in [9.17, 15) is 33.6 Å². The third-order valence-electron chi connectivity index (χ3n) is 9.30. The van der Waals surface area contributed by atoms with Gasteiger partial charge in [0.1, 0.15) is 36.8 Å². The monoisotopic (exact) mass is 843 g/mol. The maximum Gasteiger partial charge on any atom is 0.328 e. The molecule has 0 aliphatic heterocycles. The van der Waals surface area contributed by atoms with Crippen molar-refractivity contribution in [2.75, 3.05) is 19.8 Å². The van der Waals surface area contributed by atoms with Crippen molar-refractivity contribution in [2.45, 2.75) is 116 Å². The number of fused-ring (bicyclic) bond motifs is 1. The van der Waals surface area contributed by atoms with Crippen molar-refractivity contribution in [3.63, 3.8) is 0 Å². The molecule has 60 heavy (non-hydrogen) atoms. The first-order valence-corrected chi connectivity index (χ1v) is 20.2. The Morgan fingerprint density at radius 2 is 1.30 bits per heavy atom. The summed E-state index contributed by atoms with van der Waals surface area (Å²) in [5, 5.41) is 23.1. The molecule has 0 bridgehead atoms. The van der Waals surface area contributed by atoms with Crippen LogP contribution in [-0.4, -0.2) is 113 Å². The van der Waals surface area contributed by atoms with E-state index in [0.29, 0.717) is 0 Å². The number of H-pyrrole nitrogens is 1. The van der Waals surface area contributed by atoms with Gasteiger partial charge in [-0.15, -0.1) is 0 Å². The fraction of sp³-hybridized carbons (Fsp3) is 0.600. The average molecular weight is 844 g/mol. The zero-order chi connectivity index (χ0) is 45.1. The van der Waals surface area contributed by atoms with Gasteiger partial charge in [-0.1, -0.05) is 59.7 Å². The van der Waals surface area contributed by atoms with Crippen LogP contribution < -0.4 is 49.5 Å². The van der Waals surface area contributed by atoms with Crippen LogP contribution in [0, 0.1) is 17.8 Å². The van der Waals surface area contributed by atoms with Gasteiger partial charge in [0.15, 0.2) is 5.96 Å². The van der Waals surface area contributed by atoms with Gasteiger partial charge in [0.05, 0.1) is 19.1 Å². The van der Waals surface area contributed by atoms with Gasteiger partial charge in [0.2, 0.25) is 35.4 Å². The number of ether oxygens (including phenoxy) is 1. The van der Waals surface area contributed by atoms with E-state index >= 15 is 0 Å². The Labute approximate surface area is 350 Å². The molecule has 0 radical (unpaired) electrons. The average Bonchev–Trinajstić information content (AvgIpc) is 3.57. The van der Waals surface area contributed by atoms with Gasteiger partial charge >= 0.3 is 5.97 Å². The SMILES string of the molecule is CC(C)C[C@H](NC(=O)[C@@H](N)Cc1c[nH]c2ccccc12)C(=O)N[C@H](CC(C)C)C(=O)N[C@H](C(=O)N[C@@H](CC(N)=O)C(=O)N[C@H](CCCN=C(N)N)C(=O)OCCO)C(C)C. The molecule has 0 aliphatic rings. The molecule has 6 amide bonds. The van der Waals surface area contributed by atoms with Gasteiger partial charge in [-0.3, -0.25) is 33.8 Å². The summed E-state index contributed by atoms with van der Waals surface area (Å²) in [6.45, 7) is 10.0. The number of aromatic amines is 1. The second-order valence-corrected chi connectivity index (χ2v) is 15.9. The van der Waals surface area contributed by atoms with Crippen molar-refractivity contribution in [1.29, 1.82) is 0 Å². The number of esters is 1. The van der Waals surface area contributed by atoms with Gasteiger partial charge in [0.25, 0.3) is 0 Å². The zero-order valence-electron chi connectivity index (χ0n) is 35.4. The number of amides is 6. The topological polar surface area (TPSA) is 341 Å². The number of benzene rings is 1. The number of carbonyl (C=O) groups is 7. The number of primary amides is 1. The number of aliphatic imine (C=N–C) groups is 1. The predicted molar refractivity (Wildman–Crippen MR) is 225 cm³/mol. The molecule has 20 nitrogen and oxygen atoms in total. The largest absolute Gasteiger partial charge is 0.462 e. The van der Waals surface area contributed by atoms with Gasteiger partial charge in [-0.2, -0.15) is 0 Å². The minimum atomic E-state index is -1.58. The molecule has 2 rings (SSSR count). The second kappa shape index (κ2) is 25.0. The van der Waals surface area contributed by atoms with Crippen molar-refractivity contribution in [3.8, 4) is 0 Å². The van der Waals surface area contributed by atoms with E-state index in [2.05, 4.69) is 36.6 Å². The standard InChI is InChI=1S/C40H65N11O9/c1-21(2)16-29(48-34(54)26(41)18-24-20-46-27-11-8-7-10-25(24)27)35(55)49-30(17-22(3)4)37(57)51-33(23(5)6)38(58)50-31(19-32(42)53)36(56)47-28(39(59)60-15-14-52)12-9-13-45-40(43)44/h7-8,10-11,20-23,26,28-31,33,46,52H,9,12-19,41H2,1-6H3,(H2,42,53)(H,47,56)(H,48,54)(H,49,55)(H,50,58)(H,51,57)(H4,43,44,45)/t26-,28+,29-,30+,31-,33-/m0/s1. The molecule has 0 saturated heterocycles. The highest BCUT2D eigenvalue weighted by atomic mass is 16.5. The molecule has 0 spiro atoms. The lowest BCUT2D eigenvalue weighted by atomic mass is 9.98. The van der Waals surface area contributed by atoms with Crippen LogP contribution in [0.2, 0.25) is 0 Å². The summed E-state index contributed by atoms with van der Waals surface area (Å²) in [5.41, 5.74) is 24.2. The zero-order valence-corrected chi connectivity index (χ0v) is 35.4. The predicted octanol–water partition coefficient (Wildman–Crippen LogP) is -1.33. The van der Waals surface area contributed by atoms with E-state index in [1.54, 1.807) is 20.0 Å². The molecule has 1 heterocycles. The Kier molecular flexibility index (Phi) is 21.0. The van der Waals surface area contributed by atoms with Gasteiger partial charge in [-0.05, 0) is 61.5 Å². The van der Waals surface area contributed by atoms with Crippen molar-refractivity contribution in [3.05, 3.63) is 36.0 Å². The quantitative estimate of drug-likeness (QED) is 0.0227. The summed E-state index contributed by atoms with van der Waals surface area (Å²) < 4.78 is 4.99. The van der Waals surface area contributed by atoms with E-state index < -0.39 is 96.6 Å². The molecule has 1 aromatic heterocycles. The number of nitrogens with zero attached hydrogens (tertiary/aromatic N) is 1. The highest BCUT2D eigenvalue weighted by Crippen LogP contribution is 2.19. The van der Waals surface area contributed by atoms with Crippen LogP contribution in [0.4, 0.5) is 0 Å². The fourth-order valence-corrected chi connectivity index (χ4v) is 6.32. The lowest BCUT2D eigenvalue weighted by Crippen LogP contribution is -2.60. The Morgan fingerprint density at radius 1 is 0.750 bits per heavy atom. The Hall–Kier alpha value is -5.76. The number of rotatable bonds is 26. The Bertz CT molecular complexity index is 1790. The number of carbonyl (C=O) groups excluding carboxylic acids is 7. The van der Waals surface area contributed by atoms with Crippen LogP contribution >= 0.6 is 0 Å². The first kappa shape index (κ1) is 50.4. The van der Waals surface area contributed by atoms with Gasteiger partial charge in [-0.25, -0.2) is 4.79 Å². The Balaban J connectivity index is 2.24. The first-order chi connectivity index (χ1) is 28.2. The number of aliphatic hydroxyl groups excluding tert-OH is 1. The second-order valence-electron chi connectivity index (χ2n) is 15.9. The molecule has 6 atom stereocenters. The molecular weight excluding hydrogens is 779 g/mol. The van der Waals surface area contributed by atoms with E-state index in [-0.39, 0.29) is 63.1 Å². The van der Waals surface area contributed by atoms with Crippen LogP contribution in [0.1, 0.15) is 79.2 Å². The number of aromatic nitrogens is 1. The summed E-state index contributed by atoms with van der Waals surface area (Å²) in [6.07, 6.45) is 1.96. The van der Waals surface area contributed by atoms with Gasteiger partial charge < -0.3 is 64.3 Å². The summed E-state index contributed by atoms with van der Waals surface area (Å²) in [7, 11) is 0. The van der Waals surface area contributed by atoms with Crippen molar-refractivity contribution < 1.29 is 43.4 Å². The molecule has 0 saturated carbocycles. The molecule has 0 aliphatic carbocycles. The van der Waals surface area contributed by atoms with E-state index in [0.717, 1.165) is 16.5 Å². The van der Waals surface area contributed by atoms with E-state index in [4.69, 9.17) is 32.8 Å². The normalized spacial score (nSPS) is 14.3. The molecule has 15 N–H and O–H groups in total. The smallest absolute Gasteiger partial charge is 0.328 e. The lowest BCUT2D eigenvalue weighted by molar-refractivity contribution is -0.149. The molecular formula is C40H65N11O9. The third kappa shape index (κ3) is 17.2. The summed E-state index contributed by atoms with van der Waals surface area (Å²) in [6, 6.07) is 0.322. The number of nitrogens with two attached hydrogens (primary N) is 4. The maximum absolute atomic E-state index is 13.9. The minimum Gasteiger partial charge on any atom is -0.462 e. The van der Waals surface area contributed by atoms with Crippen molar-refractivity contribution in [1.82, 2.24) is 31.6 Å². The van der Waals surface area contributed by atoms with Crippen LogP contribution in [0.25, 0.3) is 10.9 Å². The molecule has 20 heteroatoms. The van der Waals surface area contributed by atoms with Crippen LogP contribution in [0.5, 0.6) is 0 Å². The van der Waals surface area contributed by atoms with Crippen LogP contribution in [0.15, 0.2) is 35.5 Å².